The highest BCUT2D eigenvalue weighted by Gasteiger charge is 2.14. The fraction of sp³-hybridized carbons (Fsp3) is 0.105. The van der Waals surface area contributed by atoms with Crippen molar-refractivity contribution in [2.45, 2.75) is 6.54 Å². The second-order valence-electron chi connectivity index (χ2n) is 5.60. The first-order chi connectivity index (χ1) is 12.5. The third-order valence-electron chi connectivity index (χ3n) is 4.02. The number of ether oxygens (including phenoxy) is 1. The number of methoxy groups -OCH3 is 1. The predicted octanol–water partition coefficient (Wildman–Crippen LogP) is 4.45. The van der Waals surface area contributed by atoms with E-state index < -0.39 is 4.92 Å². The SMILES string of the molecule is COc1ccc2cc(Br)ccc2c1CNC(=O)c1cccc([N+](=O)[O-])c1. The summed E-state index contributed by atoms with van der Waals surface area (Å²) in [5, 5.41) is 15.7. The zero-order valence-corrected chi connectivity index (χ0v) is 15.4. The van der Waals surface area contributed by atoms with Gasteiger partial charge in [0.1, 0.15) is 5.75 Å². The van der Waals surface area contributed by atoms with Crippen LogP contribution in [0.4, 0.5) is 5.69 Å². The normalized spacial score (nSPS) is 10.5. The molecule has 3 aromatic carbocycles. The first kappa shape index (κ1) is 17.9. The van der Waals surface area contributed by atoms with E-state index in [1.165, 1.54) is 18.2 Å². The molecular formula is C19H15BrN2O4. The summed E-state index contributed by atoms with van der Waals surface area (Å²) in [6.07, 6.45) is 0. The van der Waals surface area contributed by atoms with Gasteiger partial charge in [0.25, 0.3) is 11.6 Å². The Morgan fingerprint density at radius 3 is 2.73 bits per heavy atom. The summed E-state index contributed by atoms with van der Waals surface area (Å²) in [5.41, 5.74) is 0.961. The molecule has 0 aliphatic heterocycles. The van der Waals surface area contributed by atoms with Gasteiger partial charge in [-0.3, -0.25) is 14.9 Å². The van der Waals surface area contributed by atoms with Gasteiger partial charge in [0.2, 0.25) is 0 Å². The highest BCUT2D eigenvalue weighted by molar-refractivity contribution is 9.10. The van der Waals surface area contributed by atoms with Crippen molar-refractivity contribution in [1.29, 1.82) is 0 Å². The average molecular weight is 415 g/mol. The van der Waals surface area contributed by atoms with E-state index in [0.29, 0.717) is 5.75 Å². The van der Waals surface area contributed by atoms with Gasteiger partial charge in [-0.1, -0.05) is 34.1 Å². The first-order valence-electron chi connectivity index (χ1n) is 7.77. The fourth-order valence-electron chi connectivity index (χ4n) is 2.75. The van der Waals surface area contributed by atoms with E-state index in [0.717, 1.165) is 20.8 Å². The molecule has 26 heavy (non-hydrogen) atoms. The number of nitro groups is 1. The molecule has 0 fully saturated rings. The highest BCUT2D eigenvalue weighted by Crippen LogP contribution is 2.30. The van der Waals surface area contributed by atoms with Crippen LogP contribution in [-0.2, 0) is 6.54 Å². The lowest BCUT2D eigenvalue weighted by Crippen LogP contribution is -2.23. The van der Waals surface area contributed by atoms with Gasteiger partial charge in [-0.25, -0.2) is 0 Å². The van der Waals surface area contributed by atoms with Crippen LogP contribution in [0.1, 0.15) is 15.9 Å². The number of nitrogens with one attached hydrogen (secondary N) is 1. The molecule has 6 nitrogen and oxygen atoms in total. The average Bonchev–Trinajstić information content (AvgIpc) is 2.65. The molecule has 1 amide bonds. The molecule has 1 N–H and O–H groups in total. The Morgan fingerprint density at radius 1 is 1.19 bits per heavy atom. The number of carbonyl (C=O) groups excluding carboxylic acids is 1. The maximum Gasteiger partial charge on any atom is 0.270 e. The topological polar surface area (TPSA) is 81.5 Å². The molecule has 3 aromatic rings. The van der Waals surface area contributed by atoms with Crippen molar-refractivity contribution in [3.63, 3.8) is 0 Å². The Bertz CT molecular complexity index is 1000. The van der Waals surface area contributed by atoms with Crippen molar-refractivity contribution in [2.75, 3.05) is 7.11 Å². The third kappa shape index (κ3) is 3.67. The number of non-ortho nitro benzene ring substituents is 1. The summed E-state index contributed by atoms with van der Waals surface area (Å²) >= 11 is 3.45. The maximum absolute atomic E-state index is 12.4. The van der Waals surface area contributed by atoms with E-state index in [-0.39, 0.29) is 23.7 Å². The number of fused-ring (bicyclic) bond motifs is 1. The van der Waals surface area contributed by atoms with Crippen LogP contribution in [0.25, 0.3) is 10.8 Å². The van der Waals surface area contributed by atoms with Crippen LogP contribution in [0.15, 0.2) is 59.1 Å². The van der Waals surface area contributed by atoms with Gasteiger partial charge in [-0.2, -0.15) is 0 Å². The van der Waals surface area contributed by atoms with Crippen molar-refractivity contribution >= 4 is 38.3 Å². The summed E-state index contributed by atoms with van der Waals surface area (Å²) in [4.78, 5) is 22.7. The summed E-state index contributed by atoms with van der Waals surface area (Å²) in [6.45, 7) is 0.240. The van der Waals surface area contributed by atoms with E-state index in [4.69, 9.17) is 4.74 Å². The Morgan fingerprint density at radius 2 is 2.00 bits per heavy atom. The molecule has 0 unspecified atom stereocenters. The number of hydrogen-bond acceptors (Lipinski definition) is 4. The minimum Gasteiger partial charge on any atom is -0.496 e. The largest absolute Gasteiger partial charge is 0.496 e. The van der Waals surface area contributed by atoms with Gasteiger partial charge in [0.05, 0.1) is 12.0 Å². The number of carbonyl (C=O) groups is 1. The van der Waals surface area contributed by atoms with Crippen LogP contribution in [0.5, 0.6) is 5.75 Å². The molecule has 0 atom stereocenters. The second kappa shape index (κ2) is 7.53. The van der Waals surface area contributed by atoms with E-state index in [9.17, 15) is 14.9 Å². The van der Waals surface area contributed by atoms with Crippen LogP contribution in [0.3, 0.4) is 0 Å². The molecule has 0 radical (unpaired) electrons. The lowest BCUT2D eigenvalue weighted by Gasteiger charge is -2.13. The smallest absolute Gasteiger partial charge is 0.270 e. The van der Waals surface area contributed by atoms with Gasteiger partial charge in [-0.05, 0) is 35.0 Å². The van der Waals surface area contributed by atoms with Gasteiger partial charge < -0.3 is 10.1 Å². The van der Waals surface area contributed by atoms with E-state index in [1.807, 2.05) is 30.3 Å². The van der Waals surface area contributed by atoms with Gasteiger partial charge in [0, 0.05) is 34.3 Å². The molecule has 0 bridgehead atoms. The lowest BCUT2D eigenvalue weighted by atomic mass is 10.0. The van der Waals surface area contributed by atoms with Crippen LogP contribution in [0.2, 0.25) is 0 Å². The number of nitrogens with zero attached hydrogens (tertiary/aromatic N) is 1. The molecule has 0 saturated carbocycles. The van der Waals surface area contributed by atoms with Crippen molar-refractivity contribution in [3.05, 3.63) is 80.3 Å². The summed E-state index contributed by atoms with van der Waals surface area (Å²) in [6, 6.07) is 15.3. The van der Waals surface area contributed by atoms with E-state index >= 15 is 0 Å². The molecule has 0 saturated heterocycles. The Hall–Kier alpha value is -2.93. The predicted molar refractivity (Wildman–Crippen MR) is 102 cm³/mol. The number of nitro benzene ring substituents is 1. The quantitative estimate of drug-likeness (QED) is 0.493. The van der Waals surface area contributed by atoms with E-state index in [2.05, 4.69) is 21.2 Å². The Kier molecular flexibility index (Phi) is 5.18. The number of hydrogen-bond donors (Lipinski definition) is 1. The van der Waals surface area contributed by atoms with Crippen molar-refractivity contribution in [1.82, 2.24) is 5.32 Å². The first-order valence-corrected chi connectivity index (χ1v) is 8.56. The summed E-state index contributed by atoms with van der Waals surface area (Å²) in [5.74, 6) is 0.282. The molecule has 3 rings (SSSR count). The minimum atomic E-state index is -0.525. The minimum absolute atomic E-state index is 0.120. The number of amides is 1. The third-order valence-corrected chi connectivity index (χ3v) is 4.51. The van der Waals surface area contributed by atoms with E-state index in [1.54, 1.807) is 13.2 Å². The standard InChI is InChI=1S/C19H15BrN2O4/c1-26-18-8-5-12-9-14(20)6-7-16(12)17(18)11-21-19(23)13-3-2-4-15(10-13)22(24)25/h2-10H,11H2,1H3,(H,21,23). The van der Waals surface area contributed by atoms with Crippen LogP contribution in [0, 0.1) is 10.1 Å². The van der Waals surface area contributed by atoms with Crippen LogP contribution < -0.4 is 10.1 Å². The zero-order chi connectivity index (χ0) is 18.7. The molecule has 7 heteroatoms. The van der Waals surface area contributed by atoms with Crippen molar-refractivity contribution in [2.24, 2.45) is 0 Å². The lowest BCUT2D eigenvalue weighted by molar-refractivity contribution is -0.384. The molecular weight excluding hydrogens is 400 g/mol. The Balaban J connectivity index is 1.88. The van der Waals surface area contributed by atoms with Gasteiger partial charge in [-0.15, -0.1) is 0 Å². The van der Waals surface area contributed by atoms with Crippen molar-refractivity contribution in [3.8, 4) is 5.75 Å². The molecule has 0 aliphatic rings. The highest BCUT2D eigenvalue weighted by atomic mass is 79.9. The van der Waals surface area contributed by atoms with Gasteiger partial charge in [0.15, 0.2) is 0 Å². The summed E-state index contributed by atoms with van der Waals surface area (Å²) < 4.78 is 6.38. The second-order valence-corrected chi connectivity index (χ2v) is 6.52. The number of benzene rings is 3. The molecule has 132 valence electrons. The Labute approximate surface area is 158 Å². The maximum atomic E-state index is 12.4. The molecule has 0 aliphatic carbocycles. The molecule has 0 heterocycles. The van der Waals surface area contributed by atoms with Crippen LogP contribution >= 0.6 is 15.9 Å². The fourth-order valence-corrected chi connectivity index (χ4v) is 3.13. The molecule has 0 spiro atoms. The zero-order valence-electron chi connectivity index (χ0n) is 13.9. The van der Waals surface area contributed by atoms with Gasteiger partial charge >= 0.3 is 0 Å². The summed E-state index contributed by atoms with van der Waals surface area (Å²) in [7, 11) is 1.58. The molecule has 0 aromatic heterocycles. The number of halogens is 1. The van der Waals surface area contributed by atoms with Crippen molar-refractivity contribution < 1.29 is 14.5 Å². The van der Waals surface area contributed by atoms with Crippen LogP contribution in [-0.4, -0.2) is 17.9 Å². The number of rotatable bonds is 5. The monoisotopic (exact) mass is 414 g/mol.